The lowest BCUT2D eigenvalue weighted by Crippen LogP contribution is -2.44. The molecule has 0 amide bonds. The standard InChI is InChI=1S/C18H28N4O3/c1-25-13-5-12-19-18(21-16-6-3-2-4-7-16)20-14-15-8-10-17(11-9-15)22(23)24/h8-11,16H,2-7,12-14H2,1H3,(H2,19,20,21). The summed E-state index contributed by atoms with van der Waals surface area (Å²) in [7, 11) is 1.70. The van der Waals surface area contributed by atoms with Gasteiger partial charge in [-0.15, -0.1) is 0 Å². The maximum absolute atomic E-state index is 10.7. The Labute approximate surface area is 149 Å². The molecule has 1 aromatic carbocycles. The molecule has 1 fully saturated rings. The molecule has 0 unspecified atom stereocenters. The van der Waals surface area contributed by atoms with E-state index in [-0.39, 0.29) is 10.6 Å². The first-order chi connectivity index (χ1) is 12.2. The molecule has 0 saturated heterocycles. The quantitative estimate of drug-likeness (QED) is 0.248. The van der Waals surface area contributed by atoms with Gasteiger partial charge in [-0.2, -0.15) is 0 Å². The third-order valence-corrected chi connectivity index (χ3v) is 4.33. The molecule has 1 aromatic rings. The van der Waals surface area contributed by atoms with E-state index in [9.17, 15) is 10.1 Å². The van der Waals surface area contributed by atoms with Gasteiger partial charge in [0.1, 0.15) is 0 Å². The van der Waals surface area contributed by atoms with Crippen molar-refractivity contribution in [1.82, 2.24) is 10.6 Å². The normalized spacial score (nSPS) is 15.8. The zero-order valence-electron chi connectivity index (χ0n) is 14.9. The molecule has 2 N–H and O–H groups in total. The minimum Gasteiger partial charge on any atom is -0.385 e. The van der Waals surface area contributed by atoms with E-state index in [1.54, 1.807) is 19.2 Å². The van der Waals surface area contributed by atoms with Gasteiger partial charge in [-0.3, -0.25) is 10.1 Å². The summed E-state index contributed by atoms with van der Waals surface area (Å²) in [5, 5.41) is 17.6. The van der Waals surface area contributed by atoms with Crippen LogP contribution in [0.5, 0.6) is 0 Å². The van der Waals surface area contributed by atoms with Crippen LogP contribution in [0, 0.1) is 10.1 Å². The van der Waals surface area contributed by atoms with Crippen molar-refractivity contribution in [3.8, 4) is 0 Å². The van der Waals surface area contributed by atoms with Gasteiger partial charge in [-0.25, -0.2) is 4.99 Å². The summed E-state index contributed by atoms with van der Waals surface area (Å²) >= 11 is 0. The second kappa shape index (κ2) is 10.7. The lowest BCUT2D eigenvalue weighted by Gasteiger charge is -2.25. The lowest BCUT2D eigenvalue weighted by molar-refractivity contribution is -0.384. The number of hydrogen-bond donors (Lipinski definition) is 2. The third kappa shape index (κ3) is 7.09. The molecule has 0 atom stereocenters. The second-order valence-corrected chi connectivity index (χ2v) is 6.34. The molecule has 1 aliphatic rings. The fourth-order valence-electron chi connectivity index (χ4n) is 2.91. The van der Waals surface area contributed by atoms with E-state index >= 15 is 0 Å². The van der Waals surface area contributed by atoms with Crippen molar-refractivity contribution < 1.29 is 9.66 Å². The van der Waals surface area contributed by atoms with E-state index in [0.717, 1.165) is 24.5 Å². The highest BCUT2D eigenvalue weighted by Gasteiger charge is 2.14. The molecule has 0 aliphatic heterocycles. The van der Waals surface area contributed by atoms with Gasteiger partial charge >= 0.3 is 0 Å². The van der Waals surface area contributed by atoms with Crippen LogP contribution in [-0.2, 0) is 11.3 Å². The number of nitro groups is 1. The maximum Gasteiger partial charge on any atom is 0.269 e. The van der Waals surface area contributed by atoms with Crippen molar-refractivity contribution in [3.05, 3.63) is 39.9 Å². The van der Waals surface area contributed by atoms with Crippen molar-refractivity contribution in [2.45, 2.75) is 51.1 Å². The number of nitro benzene ring substituents is 1. The summed E-state index contributed by atoms with van der Waals surface area (Å²) in [6.07, 6.45) is 7.11. The van der Waals surface area contributed by atoms with Crippen molar-refractivity contribution in [2.75, 3.05) is 20.3 Å². The van der Waals surface area contributed by atoms with E-state index in [0.29, 0.717) is 19.2 Å². The fraction of sp³-hybridized carbons (Fsp3) is 0.611. The Morgan fingerprint density at radius 2 is 2.00 bits per heavy atom. The summed E-state index contributed by atoms with van der Waals surface area (Å²) in [6, 6.07) is 7.02. The number of rotatable bonds is 8. The molecule has 25 heavy (non-hydrogen) atoms. The van der Waals surface area contributed by atoms with Gasteiger partial charge in [0.15, 0.2) is 5.96 Å². The molecule has 0 spiro atoms. The Hall–Kier alpha value is -2.15. The predicted molar refractivity (Wildman–Crippen MR) is 98.7 cm³/mol. The van der Waals surface area contributed by atoms with Crippen LogP contribution in [0.4, 0.5) is 5.69 Å². The van der Waals surface area contributed by atoms with Gasteiger partial charge in [-0.05, 0) is 24.8 Å². The van der Waals surface area contributed by atoms with E-state index < -0.39 is 0 Å². The van der Waals surface area contributed by atoms with Crippen LogP contribution in [0.25, 0.3) is 0 Å². The molecular formula is C18H28N4O3. The molecule has 0 bridgehead atoms. The number of guanidine groups is 1. The van der Waals surface area contributed by atoms with Crippen LogP contribution in [-0.4, -0.2) is 37.2 Å². The molecule has 2 rings (SSSR count). The largest absolute Gasteiger partial charge is 0.385 e. The summed E-state index contributed by atoms with van der Waals surface area (Å²) in [5.41, 5.74) is 1.05. The Morgan fingerprint density at radius 1 is 1.28 bits per heavy atom. The first-order valence-electron chi connectivity index (χ1n) is 8.96. The zero-order valence-corrected chi connectivity index (χ0v) is 14.9. The molecule has 138 valence electrons. The molecule has 1 aliphatic carbocycles. The fourth-order valence-corrected chi connectivity index (χ4v) is 2.91. The maximum atomic E-state index is 10.7. The van der Waals surface area contributed by atoms with Gasteiger partial charge < -0.3 is 15.4 Å². The Bertz CT molecular complexity index is 554. The second-order valence-electron chi connectivity index (χ2n) is 6.34. The van der Waals surface area contributed by atoms with Crippen molar-refractivity contribution >= 4 is 11.6 Å². The number of methoxy groups -OCH3 is 1. The van der Waals surface area contributed by atoms with Crippen LogP contribution in [0.3, 0.4) is 0 Å². The minimum absolute atomic E-state index is 0.103. The number of non-ortho nitro benzene ring substituents is 1. The number of aliphatic imine (C=N–C) groups is 1. The molecule has 0 heterocycles. The first-order valence-corrected chi connectivity index (χ1v) is 8.96. The van der Waals surface area contributed by atoms with Crippen LogP contribution in [0.2, 0.25) is 0 Å². The van der Waals surface area contributed by atoms with E-state index in [4.69, 9.17) is 4.74 Å². The minimum atomic E-state index is -0.388. The predicted octanol–water partition coefficient (Wildman–Crippen LogP) is 3.00. The molecule has 0 radical (unpaired) electrons. The first kappa shape index (κ1) is 19.2. The van der Waals surface area contributed by atoms with Gasteiger partial charge in [0, 0.05) is 38.4 Å². The van der Waals surface area contributed by atoms with Crippen molar-refractivity contribution in [1.29, 1.82) is 0 Å². The lowest BCUT2D eigenvalue weighted by atomic mass is 9.96. The van der Waals surface area contributed by atoms with Crippen molar-refractivity contribution in [2.24, 2.45) is 4.99 Å². The smallest absolute Gasteiger partial charge is 0.269 e. The molecule has 7 heteroatoms. The topological polar surface area (TPSA) is 88.8 Å². The average Bonchev–Trinajstić information content (AvgIpc) is 2.64. The summed E-state index contributed by atoms with van der Waals surface area (Å²) in [5.74, 6) is 0.807. The molecule has 0 aromatic heterocycles. The van der Waals surface area contributed by atoms with Gasteiger partial charge in [0.2, 0.25) is 0 Å². The molecular weight excluding hydrogens is 320 g/mol. The summed E-state index contributed by atoms with van der Waals surface area (Å²) in [4.78, 5) is 15.0. The number of benzene rings is 1. The monoisotopic (exact) mass is 348 g/mol. The number of ether oxygens (including phenoxy) is 1. The number of nitrogens with zero attached hydrogens (tertiary/aromatic N) is 2. The zero-order chi connectivity index (χ0) is 17.9. The van der Waals surface area contributed by atoms with Crippen LogP contribution < -0.4 is 10.6 Å². The van der Waals surface area contributed by atoms with Gasteiger partial charge in [-0.1, -0.05) is 31.4 Å². The van der Waals surface area contributed by atoms with Gasteiger partial charge in [0.25, 0.3) is 5.69 Å². The van der Waals surface area contributed by atoms with E-state index in [2.05, 4.69) is 15.6 Å². The number of hydrogen-bond acceptors (Lipinski definition) is 4. The third-order valence-electron chi connectivity index (χ3n) is 4.33. The summed E-state index contributed by atoms with van der Waals surface area (Å²) in [6.45, 7) is 2.00. The Balaban J connectivity index is 1.93. The van der Waals surface area contributed by atoms with Crippen LogP contribution in [0.1, 0.15) is 44.1 Å². The van der Waals surface area contributed by atoms with Crippen LogP contribution in [0.15, 0.2) is 29.3 Å². The Morgan fingerprint density at radius 3 is 2.64 bits per heavy atom. The van der Waals surface area contributed by atoms with Crippen molar-refractivity contribution in [3.63, 3.8) is 0 Å². The SMILES string of the molecule is COCCCNC(=NCc1ccc([N+](=O)[O-])cc1)NC1CCCCC1. The summed E-state index contributed by atoms with van der Waals surface area (Å²) < 4.78 is 5.08. The van der Waals surface area contributed by atoms with E-state index in [1.807, 2.05) is 0 Å². The number of nitrogens with one attached hydrogen (secondary N) is 2. The average molecular weight is 348 g/mol. The Kier molecular flexibility index (Phi) is 8.18. The molecule has 1 saturated carbocycles. The molecule has 7 nitrogen and oxygen atoms in total. The van der Waals surface area contributed by atoms with Gasteiger partial charge in [0.05, 0.1) is 11.5 Å². The van der Waals surface area contributed by atoms with Crippen LogP contribution >= 0.6 is 0 Å². The van der Waals surface area contributed by atoms with E-state index in [1.165, 1.54) is 44.2 Å². The highest BCUT2D eigenvalue weighted by atomic mass is 16.6. The highest BCUT2D eigenvalue weighted by molar-refractivity contribution is 5.80. The highest BCUT2D eigenvalue weighted by Crippen LogP contribution is 2.17.